The maximum Gasteiger partial charge on any atom is 0.161 e. The highest BCUT2D eigenvalue weighted by Gasteiger charge is 2.48. The van der Waals surface area contributed by atoms with Crippen LogP contribution in [0.25, 0.3) is 16.8 Å². The van der Waals surface area contributed by atoms with Crippen LogP contribution in [0.15, 0.2) is 100 Å². The van der Waals surface area contributed by atoms with Gasteiger partial charge < -0.3 is 14.7 Å². The Balaban J connectivity index is 1.77. The summed E-state index contributed by atoms with van der Waals surface area (Å²) in [6.07, 6.45) is 2.75. The lowest BCUT2D eigenvalue weighted by atomic mass is 9.66. The van der Waals surface area contributed by atoms with Crippen molar-refractivity contribution in [1.82, 2.24) is 4.90 Å². The molecule has 0 fully saturated rings. The van der Waals surface area contributed by atoms with Crippen LogP contribution in [0.5, 0.6) is 0 Å². The highest BCUT2D eigenvalue weighted by molar-refractivity contribution is 9.10. The minimum atomic E-state index is -1.15. The van der Waals surface area contributed by atoms with Crippen molar-refractivity contribution in [2.24, 2.45) is 4.99 Å². The summed E-state index contributed by atoms with van der Waals surface area (Å²) in [6, 6.07) is 31.0. The van der Waals surface area contributed by atoms with Crippen LogP contribution < -0.4 is 10.6 Å². The summed E-state index contributed by atoms with van der Waals surface area (Å²) in [5.41, 5.74) is 0.167. The van der Waals surface area contributed by atoms with E-state index in [4.69, 9.17) is 9.73 Å². The van der Waals surface area contributed by atoms with Gasteiger partial charge in [0.25, 0.3) is 0 Å². The molecule has 0 saturated heterocycles. The van der Waals surface area contributed by atoms with Gasteiger partial charge in [0.2, 0.25) is 0 Å². The normalized spacial score (nSPS) is 20.6. The summed E-state index contributed by atoms with van der Waals surface area (Å²) in [7, 11) is 5.80. The molecule has 5 heteroatoms. The second-order valence-electron chi connectivity index (χ2n) is 10.3. The van der Waals surface area contributed by atoms with Crippen LogP contribution in [0.1, 0.15) is 24.0 Å². The lowest BCUT2D eigenvalue weighted by Gasteiger charge is -2.44. The number of halogens is 1. The third-order valence-corrected chi connectivity index (χ3v) is 7.98. The fraction of sp³-hybridized carbons (Fsp3) is 0.281. The summed E-state index contributed by atoms with van der Waals surface area (Å²) in [5, 5.41) is 16.9. The number of ether oxygens (including phenoxy) is 1. The van der Waals surface area contributed by atoms with Crippen molar-refractivity contribution in [3.63, 3.8) is 0 Å². The predicted octanol–water partition coefficient (Wildman–Crippen LogP) is 5.16. The van der Waals surface area contributed by atoms with Gasteiger partial charge in [-0.25, -0.2) is 0 Å². The summed E-state index contributed by atoms with van der Waals surface area (Å²) in [5.74, 6) is 0. The molecule has 4 nitrogen and oxygen atoms in total. The van der Waals surface area contributed by atoms with Gasteiger partial charge in [0, 0.05) is 18.1 Å². The molecule has 0 radical (unpaired) electrons. The lowest BCUT2D eigenvalue weighted by Crippen LogP contribution is -2.51. The number of rotatable bonds is 8. The summed E-state index contributed by atoms with van der Waals surface area (Å²) >= 11 is 3.63. The zero-order chi connectivity index (χ0) is 26.0. The second kappa shape index (κ2) is 10.5. The largest absolute Gasteiger partial charge is 0.385 e. The molecular formula is C32H33BrN2O2. The Morgan fingerprint density at radius 2 is 1.70 bits per heavy atom. The molecule has 3 unspecified atom stereocenters. The van der Waals surface area contributed by atoms with Crippen molar-refractivity contribution in [3.05, 3.63) is 117 Å². The van der Waals surface area contributed by atoms with E-state index in [1.807, 2.05) is 62.6 Å². The van der Waals surface area contributed by atoms with E-state index in [9.17, 15) is 5.11 Å². The first-order valence-electron chi connectivity index (χ1n) is 12.6. The van der Waals surface area contributed by atoms with Gasteiger partial charge in [-0.1, -0.05) is 94.8 Å². The van der Waals surface area contributed by atoms with Crippen molar-refractivity contribution in [2.45, 2.75) is 30.1 Å². The molecule has 0 aliphatic carbocycles. The van der Waals surface area contributed by atoms with Crippen LogP contribution in [0.2, 0.25) is 0 Å². The summed E-state index contributed by atoms with van der Waals surface area (Å²) in [6.45, 7) is 0.738. The number of nitrogens with zero attached hydrogens (tertiary/aromatic N) is 2. The van der Waals surface area contributed by atoms with Gasteiger partial charge >= 0.3 is 0 Å². The molecule has 0 bridgehead atoms. The monoisotopic (exact) mass is 556 g/mol. The Bertz CT molecular complexity index is 1520. The van der Waals surface area contributed by atoms with Gasteiger partial charge in [0.05, 0.1) is 16.4 Å². The average Bonchev–Trinajstić information content (AvgIpc) is 2.91. The van der Waals surface area contributed by atoms with Crippen molar-refractivity contribution in [2.75, 3.05) is 27.7 Å². The molecular weight excluding hydrogens is 524 g/mol. The minimum Gasteiger partial charge on any atom is -0.385 e. The smallest absolute Gasteiger partial charge is 0.161 e. The maximum atomic E-state index is 12.8. The van der Waals surface area contributed by atoms with Gasteiger partial charge in [-0.05, 0) is 72.3 Å². The van der Waals surface area contributed by atoms with Crippen LogP contribution in [0.3, 0.4) is 0 Å². The van der Waals surface area contributed by atoms with Crippen LogP contribution >= 0.6 is 15.9 Å². The molecule has 0 amide bonds. The third-order valence-electron chi connectivity index (χ3n) is 7.48. The van der Waals surface area contributed by atoms with E-state index >= 15 is 0 Å². The quantitative estimate of drug-likeness (QED) is 0.326. The van der Waals surface area contributed by atoms with Crippen LogP contribution in [0, 0.1) is 0 Å². The molecule has 190 valence electrons. The molecule has 0 aromatic heterocycles. The van der Waals surface area contributed by atoms with E-state index in [0.717, 1.165) is 43.5 Å². The van der Waals surface area contributed by atoms with Gasteiger partial charge in [0.1, 0.15) is 0 Å². The molecule has 1 aliphatic rings. The van der Waals surface area contributed by atoms with E-state index in [0.29, 0.717) is 12.8 Å². The Labute approximate surface area is 227 Å². The molecule has 1 aliphatic heterocycles. The topological polar surface area (TPSA) is 45.1 Å². The van der Waals surface area contributed by atoms with Gasteiger partial charge in [-0.2, -0.15) is 0 Å². The number of aliphatic hydroxyl groups is 1. The molecule has 0 saturated carbocycles. The Kier molecular flexibility index (Phi) is 7.32. The molecule has 0 spiro atoms. The number of methoxy groups -OCH3 is 1. The van der Waals surface area contributed by atoms with E-state index < -0.39 is 17.2 Å². The van der Waals surface area contributed by atoms with Gasteiger partial charge in [-0.3, -0.25) is 4.99 Å². The fourth-order valence-electron chi connectivity index (χ4n) is 5.67. The Morgan fingerprint density at radius 1 is 0.973 bits per heavy atom. The maximum absolute atomic E-state index is 12.8. The zero-order valence-electron chi connectivity index (χ0n) is 21.6. The number of benzene rings is 4. The third kappa shape index (κ3) is 5.01. The SMILES string of the molecule is COC1N=c2ccc(Br)cc2=CC1(CC(O)(CCN(C)C)c1cccc2ccccc12)c1ccccc1. The van der Waals surface area contributed by atoms with Crippen LogP contribution in [-0.4, -0.2) is 44.0 Å². The second-order valence-corrected chi connectivity index (χ2v) is 11.2. The van der Waals surface area contributed by atoms with E-state index in [1.54, 1.807) is 7.11 Å². The Morgan fingerprint density at radius 3 is 2.46 bits per heavy atom. The fourth-order valence-corrected chi connectivity index (χ4v) is 6.05. The molecule has 4 aromatic carbocycles. The van der Waals surface area contributed by atoms with E-state index in [2.05, 4.69) is 69.4 Å². The van der Waals surface area contributed by atoms with Crippen LogP contribution in [-0.2, 0) is 15.8 Å². The van der Waals surface area contributed by atoms with Crippen molar-refractivity contribution < 1.29 is 9.84 Å². The average molecular weight is 558 g/mol. The van der Waals surface area contributed by atoms with Crippen LogP contribution in [0.4, 0.5) is 0 Å². The first-order chi connectivity index (χ1) is 17.8. The Hall–Kier alpha value is -2.83. The highest BCUT2D eigenvalue weighted by Crippen LogP contribution is 2.46. The van der Waals surface area contributed by atoms with Crippen molar-refractivity contribution in [3.8, 4) is 0 Å². The first-order valence-corrected chi connectivity index (χ1v) is 13.4. The van der Waals surface area contributed by atoms with E-state index in [1.165, 1.54) is 0 Å². The molecule has 1 heterocycles. The lowest BCUT2D eigenvalue weighted by molar-refractivity contribution is -0.0327. The zero-order valence-corrected chi connectivity index (χ0v) is 23.2. The number of hydrogen-bond donors (Lipinski definition) is 1. The molecule has 37 heavy (non-hydrogen) atoms. The van der Waals surface area contributed by atoms with Crippen molar-refractivity contribution >= 4 is 32.8 Å². The first kappa shape index (κ1) is 25.8. The predicted molar refractivity (Wildman–Crippen MR) is 154 cm³/mol. The summed E-state index contributed by atoms with van der Waals surface area (Å²) < 4.78 is 7.11. The molecule has 1 N–H and O–H groups in total. The minimum absolute atomic E-state index is 0.416. The number of hydrogen-bond acceptors (Lipinski definition) is 4. The molecule has 5 rings (SSSR count). The molecule has 4 aromatic rings. The van der Waals surface area contributed by atoms with Gasteiger partial charge in [0.15, 0.2) is 6.23 Å². The van der Waals surface area contributed by atoms with Gasteiger partial charge in [-0.15, -0.1) is 0 Å². The molecule has 3 atom stereocenters. The highest BCUT2D eigenvalue weighted by atomic mass is 79.9. The standard InChI is InChI=1S/C32H33BrN2O2/c1-35(2)19-18-32(36,28-15-9-11-23-10-7-8-14-27(23)28)22-31(25-12-5-4-6-13-25)21-24-20-26(33)16-17-29(24)34-30(31)37-3/h4-17,20-21,30,36H,18-19,22H2,1-3H3. The summed E-state index contributed by atoms with van der Waals surface area (Å²) in [4.78, 5) is 7.20. The van der Waals surface area contributed by atoms with E-state index in [-0.39, 0.29) is 0 Å². The number of fused-ring (bicyclic) bond motifs is 2. The van der Waals surface area contributed by atoms with Crippen molar-refractivity contribution in [1.29, 1.82) is 0 Å².